The van der Waals surface area contributed by atoms with Gasteiger partial charge in [0.2, 0.25) is 5.91 Å². The van der Waals surface area contributed by atoms with Crippen LogP contribution in [0.4, 0.5) is 0 Å². The molecule has 1 amide bonds. The minimum Gasteiger partial charge on any atom is -0.368 e. The number of hydrogen-bond donors (Lipinski definition) is 2. The lowest BCUT2D eigenvalue weighted by Gasteiger charge is -2.36. The fourth-order valence-corrected chi connectivity index (χ4v) is 2.78. The van der Waals surface area contributed by atoms with Crippen LogP contribution in [-0.2, 0) is 4.79 Å². The van der Waals surface area contributed by atoms with Gasteiger partial charge in [-0.15, -0.1) is 0 Å². The molecule has 1 fully saturated rings. The first-order valence-electron chi connectivity index (χ1n) is 7.80. The van der Waals surface area contributed by atoms with Crippen molar-refractivity contribution >= 4 is 5.91 Å². The van der Waals surface area contributed by atoms with Crippen LogP contribution in [0.15, 0.2) is 0 Å². The quantitative estimate of drug-likeness (QED) is 0.580. The van der Waals surface area contributed by atoms with E-state index in [1.165, 1.54) is 0 Å². The molecule has 0 radical (unpaired) electrons. The minimum atomic E-state index is -0.525. The van der Waals surface area contributed by atoms with Crippen molar-refractivity contribution < 1.29 is 4.79 Å². The molecule has 0 aliphatic heterocycles. The van der Waals surface area contributed by atoms with E-state index in [4.69, 9.17) is 5.73 Å². The molecule has 0 aromatic heterocycles. The van der Waals surface area contributed by atoms with Gasteiger partial charge in [0.05, 0.1) is 0 Å². The third-order valence-electron chi connectivity index (χ3n) is 4.07. The van der Waals surface area contributed by atoms with Crippen molar-refractivity contribution in [3.05, 3.63) is 0 Å². The Labute approximate surface area is 123 Å². The highest BCUT2D eigenvalue weighted by Gasteiger charge is 2.49. The Kier molecular flexibility index (Phi) is 6.92. The van der Waals surface area contributed by atoms with Gasteiger partial charge in [-0.25, -0.2) is 0 Å². The molecular formula is C15H32N4O. The van der Waals surface area contributed by atoms with Crippen LogP contribution < -0.4 is 11.1 Å². The zero-order valence-electron chi connectivity index (χ0n) is 13.6. The zero-order valence-corrected chi connectivity index (χ0v) is 13.6. The summed E-state index contributed by atoms with van der Waals surface area (Å²) in [4.78, 5) is 16.5. The van der Waals surface area contributed by atoms with Crippen LogP contribution in [-0.4, -0.2) is 68.6 Å². The molecule has 5 nitrogen and oxygen atoms in total. The Hall–Kier alpha value is -0.650. The SMILES string of the molecule is CCCNC(CN(C)CCCN(C)C)(C(N)=O)C1CC1. The van der Waals surface area contributed by atoms with Crippen LogP contribution in [0.25, 0.3) is 0 Å². The van der Waals surface area contributed by atoms with Crippen molar-refractivity contribution in [2.45, 2.75) is 38.1 Å². The number of nitrogens with zero attached hydrogens (tertiary/aromatic N) is 2. The standard InChI is InChI=1S/C15H32N4O/c1-5-9-17-15(14(16)20,13-7-8-13)12-19(4)11-6-10-18(2)3/h13,17H,5-12H2,1-4H3,(H2,16,20). The lowest BCUT2D eigenvalue weighted by Crippen LogP contribution is -2.63. The van der Waals surface area contributed by atoms with Gasteiger partial charge in [-0.2, -0.15) is 0 Å². The van der Waals surface area contributed by atoms with Crippen molar-refractivity contribution in [1.29, 1.82) is 0 Å². The number of amides is 1. The molecule has 5 heteroatoms. The van der Waals surface area contributed by atoms with Gasteiger partial charge in [0, 0.05) is 6.54 Å². The molecule has 3 N–H and O–H groups in total. The molecule has 20 heavy (non-hydrogen) atoms. The van der Waals surface area contributed by atoms with E-state index < -0.39 is 5.54 Å². The van der Waals surface area contributed by atoms with Crippen LogP contribution in [0.1, 0.15) is 32.6 Å². The van der Waals surface area contributed by atoms with Gasteiger partial charge < -0.3 is 20.9 Å². The highest BCUT2D eigenvalue weighted by Crippen LogP contribution is 2.40. The Balaban J connectivity index is 2.56. The molecule has 0 spiro atoms. The maximum atomic E-state index is 12.1. The molecular weight excluding hydrogens is 252 g/mol. The minimum absolute atomic E-state index is 0.187. The van der Waals surface area contributed by atoms with Crippen LogP contribution in [0.3, 0.4) is 0 Å². The van der Waals surface area contributed by atoms with E-state index in [0.29, 0.717) is 5.92 Å². The second kappa shape index (κ2) is 7.96. The van der Waals surface area contributed by atoms with E-state index in [0.717, 1.165) is 51.9 Å². The van der Waals surface area contributed by atoms with Gasteiger partial charge in [0.15, 0.2) is 0 Å². The van der Waals surface area contributed by atoms with Gasteiger partial charge in [0.1, 0.15) is 5.54 Å². The first kappa shape index (κ1) is 17.4. The first-order valence-corrected chi connectivity index (χ1v) is 7.80. The van der Waals surface area contributed by atoms with Crippen molar-refractivity contribution in [3.63, 3.8) is 0 Å². The van der Waals surface area contributed by atoms with Crippen LogP contribution >= 0.6 is 0 Å². The molecule has 0 aromatic carbocycles. The number of rotatable bonds is 11. The molecule has 0 saturated heterocycles. The molecule has 1 aliphatic carbocycles. The molecule has 1 atom stereocenters. The van der Waals surface area contributed by atoms with E-state index in [9.17, 15) is 4.79 Å². The summed E-state index contributed by atoms with van der Waals surface area (Å²) >= 11 is 0. The predicted molar refractivity (Wildman–Crippen MR) is 83.6 cm³/mol. The molecule has 0 heterocycles. The van der Waals surface area contributed by atoms with E-state index in [1.807, 2.05) is 0 Å². The molecule has 0 bridgehead atoms. The van der Waals surface area contributed by atoms with Crippen molar-refractivity contribution in [1.82, 2.24) is 15.1 Å². The third kappa shape index (κ3) is 5.04. The summed E-state index contributed by atoms with van der Waals surface area (Å²) in [5, 5.41) is 3.45. The lowest BCUT2D eigenvalue weighted by atomic mass is 9.91. The van der Waals surface area contributed by atoms with E-state index in [-0.39, 0.29) is 5.91 Å². The van der Waals surface area contributed by atoms with Crippen molar-refractivity contribution in [3.8, 4) is 0 Å². The summed E-state index contributed by atoms with van der Waals surface area (Å²) in [7, 11) is 6.25. The highest BCUT2D eigenvalue weighted by molar-refractivity contribution is 5.86. The Bertz CT molecular complexity index is 304. The molecule has 1 unspecified atom stereocenters. The maximum Gasteiger partial charge on any atom is 0.239 e. The number of carbonyl (C=O) groups excluding carboxylic acids is 1. The Morgan fingerprint density at radius 3 is 2.40 bits per heavy atom. The van der Waals surface area contributed by atoms with Crippen LogP contribution in [0.2, 0.25) is 0 Å². The molecule has 1 aliphatic rings. The highest BCUT2D eigenvalue weighted by atomic mass is 16.1. The second-order valence-electron chi connectivity index (χ2n) is 6.43. The van der Waals surface area contributed by atoms with Crippen molar-refractivity contribution in [2.24, 2.45) is 11.7 Å². The first-order chi connectivity index (χ1) is 9.42. The van der Waals surface area contributed by atoms with Crippen LogP contribution in [0.5, 0.6) is 0 Å². The number of hydrogen-bond acceptors (Lipinski definition) is 4. The van der Waals surface area contributed by atoms with Gasteiger partial charge >= 0.3 is 0 Å². The fourth-order valence-electron chi connectivity index (χ4n) is 2.78. The molecule has 1 rings (SSSR count). The summed E-state index contributed by atoms with van der Waals surface area (Å²) in [6.07, 6.45) is 4.36. The van der Waals surface area contributed by atoms with E-state index in [2.05, 4.69) is 43.2 Å². The summed E-state index contributed by atoms with van der Waals surface area (Å²) in [5.74, 6) is 0.232. The molecule has 118 valence electrons. The molecule has 0 aromatic rings. The second-order valence-corrected chi connectivity index (χ2v) is 6.43. The predicted octanol–water partition coefficient (Wildman–Crippen LogP) is 0.504. The summed E-state index contributed by atoms with van der Waals surface area (Å²) in [6.45, 7) is 5.76. The summed E-state index contributed by atoms with van der Waals surface area (Å²) in [6, 6.07) is 0. The number of likely N-dealkylation sites (N-methyl/N-ethyl adjacent to an activating group) is 1. The number of nitrogens with one attached hydrogen (secondary N) is 1. The number of nitrogens with two attached hydrogens (primary N) is 1. The normalized spacial score (nSPS) is 18.5. The number of carbonyl (C=O) groups is 1. The summed E-state index contributed by atoms with van der Waals surface area (Å²) in [5.41, 5.74) is 5.22. The number of primary amides is 1. The topological polar surface area (TPSA) is 61.6 Å². The Morgan fingerprint density at radius 1 is 1.30 bits per heavy atom. The Morgan fingerprint density at radius 2 is 1.95 bits per heavy atom. The van der Waals surface area contributed by atoms with Crippen molar-refractivity contribution in [2.75, 3.05) is 47.3 Å². The van der Waals surface area contributed by atoms with Crippen LogP contribution in [0, 0.1) is 5.92 Å². The third-order valence-corrected chi connectivity index (χ3v) is 4.07. The van der Waals surface area contributed by atoms with E-state index in [1.54, 1.807) is 0 Å². The maximum absolute atomic E-state index is 12.1. The van der Waals surface area contributed by atoms with E-state index >= 15 is 0 Å². The largest absolute Gasteiger partial charge is 0.368 e. The summed E-state index contributed by atoms with van der Waals surface area (Å²) < 4.78 is 0. The monoisotopic (exact) mass is 284 g/mol. The lowest BCUT2D eigenvalue weighted by molar-refractivity contribution is -0.126. The average Bonchev–Trinajstić information content (AvgIpc) is 3.18. The fraction of sp³-hybridized carbons (Fsp3) is 0.933. The van der Waals surface area contributed by atoms with Gasteiger partial charge in [-0.1, -0.05) is 6.92 Å². The van der Waals surface area contributed by atoms with Gasteiger partial charge in [0.25, 0.3) is 0 Å². The molecule has 1 saturated carbocycles. The van der Waals surface area contributed by atoms with Gasteiger partial charge in [-0.3, -0.25) is 4.79 Å². The van der Waals surface area contributed by atoms with Gasteiger partial charge in [-0.05, 0) is 72.4 Å². The average molecular weight is 284 g/mol. The zero-order chi connectivity index (χ0) is 15.2. The smallest absolute Gasteiger partial charge is 0.239 e.